The molecule has 136 valence electrons. The molecule has 0 aliphatic heterocycles. The zero-order valence-corrected chi connectivity index (χ0v) is 15.5. The highest BCUT2D eigenvalue weighted by molar-refractivity contribution is 7.12. The van der Waals surface area contributed by atoms with E-state index in [1.807, 2.05) is 11.4 Å². The molecular weight excluding hydrogens is 388 g/mol. The minimum absolute atomic E-state index is 0.0360. The number of Topliss-reactive ketones (excluding diaryl/α,β-unsaturated/α-hetero) is 1. The highest BCUT2D eigenvalue weighted by Crippen LogP contribution is 2.11. The molecule has 0 saturated carbocycles. The summed E-state index contributed by atoms with van der Waals surface area (Å²) in [4.78, 5) is 40.9. The van der Waals surface area contributed by atoms with Crippen LogP contribution in [0.2, 0.25) is 5.15 Å². The molecule has 0 bridgehead atoms. The number of rotatable bonds is 5. The maximum Gasteiger partial charge on any atom is 0.275 e. The van der Waals surface area contributed by atoms with Gasteiger partial charge in [-0.2, -0.15) is 4.57 Å². The van der Waals surface area contributed by atoms with Gasteiger partial charge in [0, 0.05) is 12.3 Å². The van der Waals surface area contributed by atoms with Gasteiger partial charge in [0.25, 0.3) is 11.8 Å². The number of nitrogens with zero attached hydrogens (tertiary/aromatic N) is 2. The molecule has 3 rings (SSSR count). The Bertz CT molecular complexity index is 992. The summed E-state index contributed by atoms with van der Waals surface area (Å²) >= 11 is 7.21. The van der Waals surface area contributed by atoms with Crippen LogP contribution >= 0.6 is 22.9 Å². The Kier molecular flexibility index (Phi) is 5.90. The second kappa shape index (κ2) is 8.52. The second-order valence-electron chi connectivity index (χ2n) is 5.42. The number of carbonyl (C=O) groups excluding carboxylic acids is 3. The molecule has 0 aromatic carbocycles. The molecule has 0 aliphatic carbocycles. The van der Waals surface area contributed by atoms with E-state index in [2.05, 4.69) is 15.8 Å². The molecule has 3 aromatic rings. The van der Waals surface area contributed by atoms with E-state index >= 15 is 0 Å². The van der Waals surface area contributed by atoms with Crippen LogP contribution in [0.3, 0.4) is 0 Å². The number of nitrogens with one attached hydrogen (secondary N) is 2. The second-order valence-corrected chi connectivity index (χ2v) is 6.72. The zero-order chi connectivity index (χ0) is 19.2. The summed E-state index contributed by atoms with van der Waals surface area (Å²) in [7, 11) is 0. The van der Waals surface area contributed by atoms with E-state index in [0.29, 0.717) is 4.88 Å². The summed E-state index contributed by atoms with van der Waals surface area (Å²) in [5.74, 6) is -1.16. The van der Waals surface area contributed by atoms with Gasteiger partial charge in [0.05, 0.1) is 10.4 Å². The van der Waals surface area contributed by atoms with Gasteiger partial charge in [0.2, 0.25) is 12.3 Å². The number of carbonyl (C=O) groups is 3. The summed E-state index contributed by atoms with van der Waals surface area (Å²) in [6, 6.07) is 9.84. The van der Waals surface area contributed by atoms with Gasteiger partial charge in [0.1, 0.15) is 10.7 Å². The Morgan fingerprint density at radius 2 is 1.89 bits per heavy atom. The van der Waals surface area contributed by atoms with Crippen molar-refractivity contribution in [1.29, 1.82) is 0 Å². The molecule has 0 aliphatic rings. The molecule has 0 spiro atoms. The predicted octanol–water partition coefficient (Wildman–Crippen LogP) is 2.04. The largest absolute Gasteiger partial charge is 0.286 e. The summed E-state index contributed by atoms with van der Waals surface area (Å²) in [5.41, 5.74) is 5.02. The molecule has 0 radical (unpaired) electrons. The Morgan fingerprint density at radius 1 is 1.07 bits per heavy atom. The van der Waals surface area contributed by atoms with Crippen LogP contribution in [0.15, 0.2) is 60.4 Å². The van der Waals surface area contributed by atoms with E-state index in [4.69, 9.17) is 11.6 Å². The molecular formula is C18H14ClN4O3S+. The molecule has 2 N–H and O–H groups in total. The quantitative estimate of drug-likeness (QED) is 0.296. The molecule has 27 heavy (non-hydrogen) atoms. The molecule has 0 unspecified atom stereocenters. The fourth-order valence-corrected chi connectivity index (χ4v) is 3.11. The molecule has 0 atom stereocenters. The van der Waals surface area contributed by atoms with Crippen molar-refractivity contribution in [3.05, 3.63) is 81.5 Å². The van der Waals surface area contributed by atoms with Crippen LogP contribution in [-0.2, 0) is 6.54 Å². The van der Waals surface area contributed by atoms with Crippen LogP contribution in [0.1, 0.15) is 30.4 Å². The number of hydrazine groups is 1. The Balaban J connectivity index is 1.62. The van der Waals surface area contributed by atoms with Gasteiger partial charge in [-0.1, -0.05) is 17.7 Å². The highest BCUT2D eigenvalue weighted by Gasteiger charge is 2.17. The zero-order valence-electron chi connectivity index (χ0n) is 13.9. The monoisotopic (exact) mass is 401 g/mol. The highest BCUT2D eigenvalue weighted by atomic mass is 35.5. The smallest absolute Gasteiger partial charge is 0.275 e. The van der Waals surface area contributed by atoms with Gasteiger partial charge in [-0.25, -0.2) is 4.98 Å². The van der Waals surface area contributed by atoms with Gasteiger partial charge in [-0.05, 0) is 29.6 Å². The number of amides is 2. The first-order valence-electron chi connectivity index (χ1n) is 7.81. The van der Waals surface area contributed by atoms with Crippen molar-refractivity contribution in [2.75, 3.05) is 0 Å². The summed E-state index contributed by atoms with van der Waals surface area (Å²) < 4.78 is 1.61. The van der Waals surface area contributed by atoms with Crippen LogP contribution < -0.4 is 15.4 Å². The average molecular weight is 402 g/mol. The number of hydrogen-bond donors (Lipinski definition) is 2. The van der Waals surface area contributed by atoms with Crippen molar-refractivity contribution in [2.24, 2.45) is 0 Å². The van der Waals surface area contributed by atoms with E-state index < -0.39 is 11.8 Å². The lowest BCUT2D eigenvalue weighted by Gasteiger charge is -2.07. The first kappa shape index (κ1) is 18.7. The molecule has 2 amide bonds. The van der Waals surface area contributed by atoms with Crippen LogP contribution in [0.4, 0.5) is 0 Å². The minimum atomic E-state index is -0.585. The van der Waals surface area contributed by atoms with Crippen LogP contribution in [0.25, 0.3) is 0 Å². The van der Waals surface area contributed by atoms with Crippen molar-refractivity contribution >= 4 is 40.5 Å². The lowest BCUT2D eigenvalue weighted by Crippen LogP contribution is -2.43. The number of thiophene rings is 1. The van der Waals surface area contributed by atoms with E-state index in [9.17, 15) is 14.4 Å². The van der Waals surface area contributed by atoms with Gasteiger partial charge < -0.3 is 0 Å². The van der Waals surface area contributed by atoms with E-state index in [0.717, 1.165) is 0 Å². The van der Waals surface area contributed by atoms with Gasteiger partial charge in [0.15, 0.2) is 12.4 Å². The average Bonchev–Trinajstić information content (AvgIpc) is 3.21. The molecule has 3 heterocycles. The van der Waals surface area contributed by atoms with Crippen molar-refractivity contribution in [2.45, 2.75) is 6.54 Å². The van der Waals surface area contributed by atoms with Crippen LogP contribution in [0, 0.1) is 0 Å². The van der Waals surface area contributed by atoms with E-state index in [1.54, 1.807) is 35.0 Å². The third-order valence-corrected chi connectivity index (χ3v) is 4.75. The maximum absolute atomic E-state index is 12.3. The number of halogens is 1. The minimum Gasteiger partial charge on any atom is -0.286 e. The van der Waals surface area contributed by atoms with Crippen molar-refractivity contribution < 1.29 is 19.0 Å². The third-order valence-electron chi connectivity index (χ3n) is 3.54. The number of pyridine rings is 2. The first-order chi connectivity index (χ1) is 13.0. The lowest BCUT2D eigenvalue weighted by molar-refractivity contribution is -0.683. The number of ketones is 1. The molecule has 9 heteroatoms. The van der Waals surface area contributed by atoms with Crippen molar-refractivity contribution in [3.63, 3.8) is 0 Å². The fourth-order valence-electron chi connectivity index (χ4n) is 2.24. The number of aromatic nitrogens is 2. The Labute approximate surface area is 163 Å². The van der Waals surface area contributed by atoms with Crippen molar-refractivity contribution in [1.82, 2.24) is 15.8 Å². The summed E-state index contributed by atoms with van der Waals surface area (Å²) in [5, 5.41) is 1.87. The topological polar surface area (TPSA) is 92.0 Å². The molecule has 3 aromatic heterocycles. The molecule has 7 nitrogen and oxygen atoms in total. The third kappa shape index (κ3) is 4.75. The van der Waals surface area contributed by atoms with Crippen LogP contribution in [-0.4, -0.2) is 22.6 Å². The SMILES string of the molecule is O=C(NNC(=O)c1cccnc1Cl)c1ccc[n+](CC(=O)c2cccs2)c1. The van der Waals surface area contributed by atoms with Gasteiger partial charge in [-0.3, -0.25) is 25.2 Å². The number of hydrogen-bond acceptors (Lipinski definition) is 5. The van der Waals surface area contributed by atoms with Crippen molar-refractivity contribution in [3.8, 4) is 0 Å². The molecule has 0 fully saturated rings. The summed E-state index contributed by atoms with van der Waals surface area (Å²) in [6.45, 7) is 0.110. The van der Waals surface area contributed by atoms with Gasteiger partial charge in [-0.15, -0.1) is 11.3 Å². The van der Waals surface area contributed by atoms with E-state index in [-0.39, 0.29) is 28.6 Å². The van der Waals surface area contributed by atoms with E-state index in [1.165, 1.54) is 29.8 Å². The van der Waals surface area contributed by atoms with Crippen LogP contribution in [0.5, 0.6) is 0 Å². The standard InChI is InChI=1S/C18H13ClN4O3S/c19-16-13(5-1-7-20-16)18(26)22-21-17(25)12-4-2-8-23(10-12)11-14(24)15-6-3-9-27-15/h1-10H,11H2,(H-,21,22,25,26)/p+1. The summed E-state index contributed by atoms with van der Waals surface area (Å²) in [6.07, 6.45) is 4.68. The first-order valence-corrected chi connectivity index (χ1v) is 9.07. The Morgan fingerprint density at radius 3 is 2.63 bits per heavy atom. The normalized spacial score (nSPS) is 10.3. The maximum atomic E-state index is 12.3. The fraction of sp³-hybridized carbons (Fsp3) is 0.0556. The predicted molar refractivity (Wildman–Crippen MR) is 99.5 cm³/mol. The lowest BCUT2D eigenvalue weighted by atomic mass is 10.2. The molecule has 0 saturated heterocycles. The van der Waals surface area contributed by atoms with Gasteiger partial charge >= 0.3 is 0 Å². The Hall–Kier alpha value is -3.10.